The molecule has 0 radical (unpaired) electrons. The van der Waals surface area contributed by atoms with E-state index in [0.717, 1.165) is 40.6 Å². The highest BCUT2D eigenvalue weighted by atomic mass is 32.2. The normalized spacial score (nSPS) is 11.7. The smallest absolute Gasteiger partial charge is 0.261 e. The average molecular weight is 408 g/mol. The molecule has 29 heavy (non-hydrogen) atoms. The first-order valence-electron chi connectivity index (χ1n) is 9.45. The second kappa shape index (κ2) is 7.72. The van der Waals surface area contributed by atoms with Gasteiger partial charge in [0.05, 0.1) is 4.90 Å². The molecule has 0 unspecified atom stereocenters. The number of nitrogens with one attached hydrogen (secondary N) is 2. The highest BCUT2D eigenvalue weighted by molar-refractivity contribution is 7.92. The van der Waals surface area contributed by atoms with E-state index >= 15 is 0 Å². The largest absolute Gasteiger partial charge is 0.355 e. The van der Waals surface area contributed by atoms with Crippen LogP contribution in [-0.4, -0.2) is 13.4 Å². The summed E-state index contributed by atoms with van der Waals surface area (Å²) in [6.45, 7) is 2.09. The molecule has 0 aliphatic carbocycles. The van der Waals surface area contributed by atoms with Crippen molar-refractivity contribution in [3.63, 3.8) is 0 Å². The lowest BCUT2D eigenvalue weighted by Gasteiger charge is -2.09. The Labute approximate surface area is 169 Å². The van der Waals surface area contributed by atoms with Crippen LogP contribution in [-0.2, 0) is 16.4 Å². The summed E-state index contributed by atoms with van der Waals surface area (Å²) in [5.74, 6) is -0.282. The number of aryl methyl sites for hydroxylation is 1. The van der Waals surface area contributed by atoms with Gasteiger partial charge in [-0.3, -0.25) is 4.72 Å². The first kappa shape index (κ1) is 19.2. The van der Waals surface area contributed by atoms with Crippen molar-refractivity contribution in [2.45, 2.75) is 24.7 Å². The van der Waals surface area contributed by atoms with Gasteiger partial charge in [-0.15, -0.1) is 0 Å². The van der Waals surface area contributed by atoms with Gasteiger partial charge in [0, 0.05) is 22.3 Å². The molecule has 0 aliphatic heterocycles. The van der Waals surface area contributed by atoms with Crippen molar-refractivity contribution >= 4 is 26.6 Å². The van der Waals surface area contributed by atoms with Crippen LogP contribution in [0.5, 0.6) is 0 Å². The van der Waals surface area contributed by atoms with Gasteiger partial charge in [0.15, 0.2) is 0 Å². The number of rotatable bonds is 6. The van der Waals surface area contributed by atoms with E-state index < -0.39 is 10.0 Å². The van der Waals surface area contributed by atoms with Crippen molar-refractivity contribution in [3.8, 4) is 11.3 Å². The third kappa shape index (κ3) is 4.17. The van der Waals surface area contributed by atoms with Gasteiger partial charge < -0.3 is 4.98 Å². The van der Waals surface area contributed by atoms with Crippen molar-refractivity contribution in [1.29, 1.82) is 0 Å². The molecule has 0 fully saturated rings. The van der Waals surface area contributed by atoms with E-state index in [-0.39, 0.29) is 10.7 Å². The number of fused-ring (bicyclic) bond motifs is 1. The molecule has 0 saturated heterocycles. The van der Waals surface area contributed by atoms with Gasteiger partial charge in [0.1, 0.15) is 5.82 Å². The molecule has 4 rings (SSSR count). The zero-order valence-electron chi connectivity index (χ0n) is 15.9. The Bertz CT molecular complexity index is 1240. The molecule has 4 nitrogen and oxygen atoms in total. The Morgan fingerprint density at radius 2 is 1.66 bits per heavy atom. The minimum absolute atomic E-state index is 0.235. The fourth-order valence-electron chi connectivity index (χ4n) is 3.31. The SMILES string of the molecule is CCCc1ccc(S(=O)(=O)Nc2ccc(-c3cc4cc(F)ccc4[nH]3)cc2)cc1. The Hall–Kier alpha value is -3.12. The molecular formula is C23H21FN2O2S. The third-order valence-electron chi connectivity index (χ3n) is 4.80. The molecule has 1 heterocycles. The van der Waals surface area contributed by atoms with Gasteiger partial charge in [-0.25, -0.2) is 12.8 Å². The van der Waals surface area contributed by atoms with Gasteiger partial charge in [-0.2, -0.15) is 0 Å². The van der Waals surface area contributed by atoms with Crippen LogP contribution in [0.1, 0.15) is 18.9 Å². The minimum atomic E-state index is -3.65. The monoisotopic (exact) mass is 408 g/mol. The molecule has 0 amide bonds. The Kier molecular flexibility index (Phi) is 5.11. The second-order valence-electron chi connectivity index (χ2n) is 6.99. The van der Waals surface area contributed by atoms with Crippen molar-refractivity contribution in [2.75, 3.05) is 4.72 Å². The van der Waals surface area contributed by atoms with E-state index in [4.69, 9.17) is 0 Å². The molecule has 148 valence electrons. The third-order valence-corrected chi connectivity index (χ3v) is 6.20. The number of aromatic amines is 1. The number of sulfonamides is 1. The molecule has 0 spiro atoms. The summed E-state index contributed by atoms with van der Waals surface area (Å²) in [6.07, 6.45) is 1.94. The first-order valence-corrected chi connectivity index (χ1v) is 10.9. The standard InChI is InChI=1S/C23H21FN2O2S/c1-2-3-16-4-11-21(12-5-16)29(27,28)26-20-9-6-17(7-10-20)23-15-18-14-19(24)8-13-22(18)25-23/h4-15,25-26H,2-3H2,1H3. The lowest BCUT2D eigenvalue weighted by Crippen LogP contribution is -2.12. The van der Waals surface area contributed by atoms with Crippen LogP contribution in [0.3, 0.4) is 0 Å². The van der Waals surface area contributed by atoms with Crippen LogP contribution >= 0.6 is 0 Å². The molecule has 0 atom stereocenters. The van der Waals surface area contributed by atoms with Crippen LogP contribution in [0.25, 0.3) is 22.2 Å². The molecule has 1 aromatic heterocycles. The van der Waals surface area contributed by atoms with Gasteiger partial charge in [0.2, 0.25) is 0 Å². The van der Waals surface area contributed by atoms with Crippen LogP contribution in [0, 0.1) is 5.82 Å². The highest BCUT2D eigenvalue weighted by Crippen LogP contribution is 2.26. The summed E-state index contributed by atoms with van der Waals surface area (Å²) in [5, 5.41) is 0.788. The summed E-state index contributed by atoms with van der Waals surface area (Å²) in [4.78, 5) is 3.48. The van der Waals surface area contributed by atoms with Crippen LogP contribution < -0.4 is 4.72 Å². The van der Waals surface area contributed by atoms with Crippen molar-refractivity contribution in [2.24, 2.45) is 0 Å². The van der Waals surface area contributed by atoms with Gasteiger partial charge in [-0.05, 0) is 66.1 Å². The molecule has 0 saturated carbocycles. The number of benzene rings is 3. The predicted molar refractivity (Wildman–Crippen MR) is 115 cm³/mol. The maximum Gasteiger partial charge on any atom is 0.261 e. The maximum atomic E-state index is 13.4. The molecule has 2 N–H and O–H groups in total. The van der Waals surface area contributed by atoms with E-state index in [0.29, 0.717) is 5.69 Å². The van der Waals surface area contributed by atoms with Crippen LogP contribution in [0.15, 0.2) is 77.7 Å². The fourth-order valence-corrected chi connectivity index (χ4v) is 4.37. The summed E-state index contributed by atoms with van der Waals surface area (Å²) < 4.78 is 41.2. The number of H-pyrrole nitrogens is 1. The highest BCUT2D eigenvalue weighted by Gasteiger charge is 2.14. The summed E-state index contributed by atoms with van der Waals surface area (Å²) >= 11 is 0. The minimum Gasteiger partial charge on any atom is -0.355 e. The number of aromatic nitrogens is 1. The summed E-state index contributed by atoms with van der Waals surface area (Å²) in [7, 11) is -3.65. The Morgan fingerprint density at radius 1 is 0.931 bits per heavy atom. The number of hydrogen-bond donors (Lipinski definition) is 2. The van der Waals surface area contributed by atoms with E-state index in [1.807, 2.05) is 30.3 Å². The molecular weight excluding hydrogens is 387 g/mol. The lowest BCUT2D eigenvalue weighted by atomic mass is 10.1. The first-order chi connectivity index (χ1) is 13.9. The van der Waals surface area contributed by atoms with E-state index in [9.17, 15) is 12.8 Å². The number of halogens is 1. The van der Waals surface area contributed by atoms with E-state index in [1.165, 1.54) is 12.1 Å². The number of hydrogen-bond acceptors (Lipinski definition) is 2. The maximum absolute atomic E-state index is 13.4. The van der Waals surface area contributed by atoms with Crippen molar-refractivity contribution in [3.05, 3.63) is 84.2 Å². The van der Waals surface area contributed by atoms with E-state index in [2.05, 4.69) is 16.6 Å². The molecule has 0 aliphatic rings. The predicted octanol–water partition coefficient (Wildman–Crippen LogP) is 5.73. The van der Waals surface area contributed by atoms with Gasteiger partial charge in [0.25, 0.3) is 10.0 Å². The number of anilines is 1. The Balaban J connectivity index is 1.53. The lowest BCUT2D eigenvalue weighted by molar-refractivity contribution is 0.601. The zero-order chi connectivity index (χ0) is 20.4. The van der Waals surface area contributed by atoms with Gasteiger partial charge >= 0.3 is 0 Å². The summed E-state index contributed by atoms with van der Waals surface area (Å²) in [6, 6.07) is 20.5. The topological polar surface area (TPSA) is 62.0 Å². The van der Waals surface area contributed by atoms with Crippen LogP contribution in [0.2, 0.25) is 0 Å². The second-order valence-corrected chi connectivity index (χ2v) is 8.67. The quantitative estimate of drug-likeness (QED) is 0.428. The zero-order valence-corrected chi connectivity index (χ0v) is 16.8. The fraction of sp³-hybridized carbons (Fsp3) is 0.130. The van der Waals surface area contributed by atoms with Crippen LogP contribution in [0.4, 0.5) is 10.1 Å². The molecule has 3 aromatic carbocycles. The average Bonchev–Trinajstić information content (AvgIpc) is 3.12. The van der Waals surface area contributed by atoms with Crippen molar-refractivity contribution < 1.29 is 12.8 Å². The van der Waals surface area contributed by atoms with Gasteiger partial charge in [-0.1, -0.05) is 37.6 Å². The molecule has 6 heteroatoms. The molecule has 0 bridgehead atoms. The Morgan fingerprint density at radius 3 is 2.34 bits per heavy atom. The van der Waals surface area contributed by atoms with Crippen molar-refractivity contribution in [1.82, 2.24) is 4.98 Å². The molecule has 4 aromatic rings. The summed E-state index contributed by atoms with van der Waals surface area (Å²) in [5.41, 5.74) is 4.17. The van der Waals surface area contributed by atoms with E-state index in [1.54, 1.807) is 30.3 Å².